The number of hydrogen-bond acceptors (Lipinski definition) is 5. The summed E-state index contributed by atoms with van der Waals surface area (Å²) < 4.78 is 5.12. The van der Waals surface area contributed by atoms with Gasteiger partial charge in [-0.2, -0.15) is 0 Å². The van der Waals surface area contributed by atoms with Crippen LogP contribution in [0.2, 0.25) is 0 Å². The number of unbranched alkanes of at least 4 members (excludes halogenated alkanes) is 2. The Morgan fingerprint density at radius 1 is 1.13 bits per heavy atom. The third-order valence-corrected chi connectivity index (χ3v) is 5.18. The molecule has 0 heterocycles. The summed E-state index contributed by atoms with van der Waals surface area (Å²) in [7, 11) is 0. The zero-order valence-electron chi connectivity index (χ0n) is 17.2. The van der Waals surface area contributed by atoms with Crippen LogP contribution in [0.1, 0.15) is 56.9 Å². The Morgan fingerprint density at radius 3 is 2.60 bits per heavy atom. The number of ketones is 1. The van der Waals surface area contributed by atoms with Gasteiger partial charge in [0.25, 0.3) is 0 Å². The standard InChI is InChI=1S/C22H31N3O5/c23-21(28)20(17-10-7-11-18(26)14-17)25-19(27)12-5-2-6-13-24-22(29)30-15-16-8-3-1-4-9-16/h1,3-4,8-9,17,20H,2,5-7,10-15H2,(H2,23,28)(H,24,29)(H,25,27)/t17-,20+/m1/s1. The van der Waals surface area contributed by atoms with Gasteiger partial charge in [-0.05, 0) is 37.2 Å². The van der Waals surface area contributed by atoms with E-state index in [4.69, 9.17) is 10.5 Å². The van der Waals surface area contributed by atoms with Crippen LogP contribution in [0.4, 0.5) is 4.79 Å². The quantitative estimate of drug-likeness (QED) is 0.476. The molecule has 0 unspecified atom stereocenters. The molecule has 3 amide bonds. The second-order valence-electron chi connectivity index (χ2n) is 7.64. The van der Waals surface area contributed by atoms with Gasteiger partial charge >= 0.3 is 6.09 Å². The lowest BCUT2D eigenvalue weighted by Crippen LogP contribution is -2.50. The number of benzene rings is 1. The zero-order valence-corrected chi connectivity index (χ0v) is 17.2. The van der Waals surface area contributed by atoms with Gasteiger partial charge in [0.2, 0.25) is 11.8 Å². The van der Waals surface area contributed by atoms with Crippen molar-refractivity contribution < 1.29 is 23.9 Å². The molecule has 0 bridgehead atoms. The van der Waals surface area contributed by atoms with Crippen molar-refractivity contribution in [3.63, 3.8) is 0 Å². The first kappa shape index (κ1) is 23.4. The van der Waals surface area contributed by atoms with Crippen LogP contribution in [0.3, 0.4) is 0 Å². The van der Waals surface area contributed by atoms with Crippen LogP contribution in [0, 0.1) is 5.92 Å². The lowest BCUT2D eigenvalue weighted by Gasteiger charge is -2.28. The normalized spacial score (nSPS) is 17.1. The van der Waals surface area contributed by atoms with Gasteiger partial charge in [0.15, 0.2) is 0 Å². The lowest BCUT2D eigenvalue weighted by molar-refractivity contribution is -0.130. The van der Waals surface area contributed by atoms with Gasteiger partial charge in [0, 0.05) is 25.8 Å². The number of ether oxygens (including phenoxy) is 1. The van der Waals surface area contributed by atoms with Crippen molar-refractivity contribution in [2.45, 2.75) is 64.0 Å². The van der Waals surface area contributed by atoms with Crippen molar-refractivity contribution in [2.24, 2.45) is 11.7 Å². The van der Waals surface area contributed by atoms with Crippen molar-refractivity contribution in [3.05, 3.63) is 35.9 Å². The number of rotatable bonds is 11. The fourth-order valence-corrected chi connectivity index (χ4v) is 3.56. The molecule has 1 aromatic carbocycles. The number of amides is 3. The highest BCUT2D eigenvalue weighted by molar-refractivity contribution is 5.88. The molecule has 1 aliphatic rings. The fraction of sp³-hybridized carbons (Fsp3) is 0.545. The predicted octanol–water partition coefficient (Wildman–Crippen LogP) is 2.20. The van der Waals surface area contributed by atoms with Crippen molar-refractivity contribution in [1.29, 1.82) is 0 Å². The summed E-state index contributed by atoms with van der Waals surface area (Å²) in [6, 6.07) is 8.64. The van der Waals surface area contributed by atoms with Crippen molar-refractivity contribution >= 4 is 23.7 Å². The highest BCUT2D eigenvalue weighted by atomic mass is 16.5. The summed E-state index contributed by atoms with van der Waals surface area (Å²) in [5, 5.41) is 5.37. The van der Waals surface area contributed by atoms with E-state index in [-0.39, 0.29) is 30.6 Å². The minimum Gasteiger partial charge on any atom is -0.445 e. The maximum absolute atomic E-state index is 12.1. The first-order valence-corrected chi connectivity index (χ1v) is 10.5. The van der Waals surface area contributed by atoms with E-state index in [1.165, 1.54) is 0 Å². The van der Waals surface area contributed by atoms with Crippen molar-refractivity contribution in [3.8, 4) is 0 Å². The van der Waals surface area contributed by atoms with Gasteiger partial charge in [0.05, 0.1) is 0 Å². The Labute approximate surface area is 176 Å². The van der Waals surface area contributed by atoms with Crippen molar-refractivity contribution in [1.82, 2.24) is 10.6 Å². The van der Waals surface area contributed by atoms with Gasteiger partial charge in [-0.15, -0.1) is 0 Å². The van der Waals surface area contributed by atoms with E-state index in [1.807, 2.05) is 30.3 Å². The highest BCUT2D eigenvalue weighted by Gasteiger charge is 2.31. The molecule has 8 heteroatoms. The molecule has 0 aliphatic heterocycles. The minimum atomic E-state index is -0.789. The Balaban J connectivity index is 1.56. The Bertz CT molecular complexity index is 723. The Morgan fingerprint density at radius 2 is 1.90 bits per heavy atom. The third-order valence-electron chi connectivity index (χ3n) is 5.18. The van der Waals surface area contributed by atoms with Gasteiger partial charge in [-0.25, -0.2) is 4.79 Å². The largest absolute Gasteiger partial charge is 0.445 e. The van der Waals surface area contributed by atoms with Crippen molar-refractivity contribution in [2.75, 3.05) is 6.54 Å². The van der Waals surface area contributed by atoms with E-state index >= 15 is 0 Å². The van der Waals surface area contributed by atoms with Crippen LogP contribution >= 0.6 is 0 Å². The summed E-state index contributed by atoms with van der Waals surface area (Å²) in [5.74, 6) is -0.936. The Hall–Kier alpha value is -2.90. The molecule has 1 aliphatic carbocycles. The molecule has 1 aromatic rings. The van der Waals surface area contributed by atoms with Crippen LogP contribution < -0.4 is 16.4 Å². The molecule has 4 N–H and O–H groups in total. The number of alkyl carbamates (subject to hydrolysis) is 1. The molecule has 0 aromatic heterocycles. The van der Waals surface area contributed by atoms with Crippen LogP contribution in [0.5, 0.6) is 0 Å². The number of nitrogens with one attached hydrogen (secondary N) is 2. The monoisotopic (exact) mass is 417 g/mol. The average molecular weight is 418 g/mol. The topological polar surface area (TPSA) is 128 Å². The number of hydrogen-bond donors (Lipinski definition) is 3. The molecular weight excluding hydrogens is 386 g/mol. The van der Waals surface area contributed by atoms with Gasteiger partial charge in [-0.3, -0.25) is 14.4 Å². The van der Waals surface area contributed by atoms with E-state index in [0.29, 0.717) is 38.6 Å². The van der Waals surface area contributed by atoms with Gasteiger partial charge in [-0.1, -0.05) is 36.8 Å². The number of Topliss-reactive ketones (excluding diaryl/α,β-unsaturated/α-hetero) is 1. The first-order chi connectivity index (χ1) is 14.5. The summed E-state index contributed by atoms with van der Waals surface area (Å²) in [6.07, 6.45) is 4.15. The molecule has 0 saturated heterocycles. The molecule has 8 nitrogen and oxygen atoms in total. The van der Waals surface area contributed by atoms with E-state index < -0.39 is 18.0 Å². The summed E-state index contributed by atoms with van der Waals surface area (Å²) in [6.45, 7) is 0.684. The predicted molar refractivity (Wildman–Crippen MR) is 111 cm³/mol. The minimum absolute atomic E-state index is 0.113. The van der Waals surface area contributed by atoms with Gasteiger partial charge in [0.1, 0.15) is 18.4 Å². The summed E-state index contributed by atoms with van der Waals surface area (Å²) >= 11 is 0. The van der Waals surface area contributed by atoms with E-state index in [9.17, 15) is 19.2 Å². The van der Waals surface area contributed by atoms with Crippen LogP contribution in [0.25, 0.3) is 0 Å². The highest BCUT2D eigenvalue weighted by Crippen LogP contribution is 2.24. The number of carbonyl (C=O) groups is 4. The first-order valence-electron chi connectivity index (χ1n) is 10.5. The fourth-order valence-electron chi connectivity index (χ4n) is 3.56. The second-order valence-corrected chi connectivity index (χ2v) is 7.64. The van der Waals surface area contributed by atoms with E-state index in [2.05, 4.69) is 10.6 Å². The molecule has 2 atom stereocenters. The summed E-state index contributed by atoms with van der Waals surface area (Å²) in [4.78, 5) is 47.1. The molecule has 30 heavy (non-hydrogen) atoms. The van der Waals surface area contributed by atoms with E-state index in [0.717, 1.165) is 18.4 Å². The third kappa shape index (κ3) is 8.63. The van der Waals surface area contributed by atoms with Gasteiger partial charge < -0.3 is 21.1 Å². The zero-order chi connectivity index (χ0) is 21.8. The molecule has 1 fully saturated rings. The smallest absolute Gasteiger partial charge is 0.407 e. The molecular formula is C22H31N3O5. The molecule has 2 rings (SSSR count). The Kier molecular flexibility index (Phi) is 9.83. The average Bonchev–Trinajstić information content (AvgIpc) is 2.73. The lowest BCUT2D eigenvalue weighted by atomic mass is 9.83. The number of carbonyl (C=O) groups excluding carboxylic acids is 4. The van der Waals surface area contributed by atoms with Crippen LogP contribution in [0.15, 0.2) is 30.3 Å². The van der Waals surface area contributed by atoms with Crippen LogP contribution in [-0.2, 0) is 25.7 Å². The SMILES string of the molecule is NC(=O)[C@@H](NC(=O)CCCCCNC(=O)OCc1ccccc1)[C@@H]1CCCC(=O)C1. The molecule has 0 spiro atoms. The number of primary amides is 1. The molecule has 1 saturated carbocycles. The van der Waals surface area contributed by atoms with Crippen LogP contribution in [-0.4, -0.2) is 36.3 Å². The summed E-state index contributed by atoms with van der Waals surface area (Å²) in [5.41, 5.74) is 6.35. The molecule has 164 valence electrons. The number of nitrogens with two attached hydrogens (primary N) is 1. The second kappa shape index (κ2) is 12.6. The maximum atomic E-state index is 12.1. The van der Waals surface area contributed by atoms with E-state index in [1.54, 1.807) is 0 Å². The molecule has 0 radical (unpaired) electrons. The maximum Gasteiger partial charge on any atom is 0.407 e.